The number of furan rings is 1. The molecule has 2 aromatic carbocycles. The number of fused-ring (bicyclic) bond motifs is 3. The number of hydrogen-bond donors (Lipinski definition) is 1. The minimum atomic E-state index is -0.459. The highest BCUT2D eigenvalue weighted by Crippen LogP contribution is 2.46. The van der Waals surface area contributed by atoms with Gasteiger partial charge in [-0.05, 0) is 31.7 Å². The first-order valence-electron chi connectivity index (χ1n) is 11.2. The number of aromatic nitrogens is 1. The third kappa shape index (κ3) is 3.73. The molecule has 1 atom stereocenters. The number of piperazine rings is 1. The number of phenolic OH excluding ortho intramolecular Hbond substituents is 1. The standard InChI is InChI=1S/C26H27N3O4/c1-3-32-26(31)20-16-33-25-19-7-5-4-6-18(19)24(30)22(21(20)25)23(17-8-10-27-11-9-17)29-14-12-28(2)13-15-29/h4-11,16,23,30H,3,12-15H2,1-2H3. The van der Waals surface area contributed by atoms with Crippen molar-refractivity contribution in [1.29, 1.82) is 0 Å². The number of pyridine rings is 1. The molecule has 4 aromatic rings. The van der Waals surface area contributed by atoms with Crippen molar-refractivity contribution in [3.05, 3.63) is 71.7 Å². The Morgan fingerprint density at radius 2 is 1.82 bits per heavy atom. The van der Waals surface area contributed by atoms with Crippen molar-refractivity contribution in [2.24, 2.45) is 0 Å². The van der Waals surface area contributed by atoms with E-state index in [0.29, 0.717) is 27.5 Å². The number of nitrogens with zero attached hydrogens (tertiary/aromatic N) is 3. The molecule has 0 amide bonds. The van der Waals surface area contributed by atoms with Crippen LogP contribution in [0.25, 0.3) is 21.7 Å². The second kappa shape index (κ2) is 8.84. The fourth-order valence-corrected chi connectivity index (χ4v) is 4.79. The van der Waals surface area contributed by atoms with Crippen molar-refractivity contribution in [3.8, 4) is 5.75 Å². The van der Waals surface area contributed by atoms with Gasteiger partial charge in [0.1, 0.15) is 23.2 Å². The summed E-state index contributed by atoms with van der Waals surface area (Å²) >= 11 is 0. The van der Waals surface area contributed by atoms with Crippen LogP contribution in [0.2, 0.25) is 0 Å². The molecule has 7 nitrogen and oxygen atoms in total. The Balaban J connectivity index is 1.83. The summed E-state index contributed by atoms with van der Waals surface area (Å²) in [5, 5.41) is 13.7. The molecule has 170 valence electrons. The van der Waals surface area contributed by atoms with Gasteiger partial charge in [-0.25, -0.2) is 4.79 Å². The van der Waals surface area contributed by atoms with E-state index in [9.17, 15) is 9.90 Å². The monoisotopic (exact) mass is 445 g/mol. The molecule has 3 heterocycles. The van der Waals surface area contributed by atoms with Crippen molar-refractivity contribution < 1.29 is 19.1 Å². The summed E-state index contributed by atoms with van der Waals surface area (Å²) in [5.74, 6) is -0.301. The zero-order valence-corrected chi connectivity index (χ0v) is 18.8. The van der Waals surface area contributed by atoms with Gasteiger partial charge in [0.15, 0.2) is 0 Å². The third-order valence-corrected chi connectivity index (χ3v) is 6.44. The van der Waals surface area contributed by atoms with Gasteiger partial charge in [0.2, 0.25) is 0 Å². The molecule has 1 aliphatic rings. The molecular formula is C26H27N3O4. The van der Waals surface area contributed by atoms with Crippen molar-refractivity contribution in [2.75, 3.05) is 39.8 Å². The Morgan fingerprint density at radius 3 is 2.52 bits per heavy atom. The first-order valence-corrected chi connectivity index (χ1v) is 11.2. The van der Waals surface area contributed by atoms with Gasteiger partial charge in [0, 0.05) is 60.3 Å². The SMILES string of the molecule is CCOC(=O)c1coc2c1c(C(c1ccncc1)N1CCN(C)CC1)c(O)c1ccccc12. The van der Waals surface area contributed by atoms with E-state index < -0.39 is 5.97 Å². The van der Waals surface area contributed by atoms with Gasteiger partial charge in [0.05, 0.1) is 12.6 Å². The highest BCUT2D eigenvalue weighted by molar-refractivity contribution is 6.16. The van der Waals surface area contributed by atoms with Crippen molar-refractivity contribution >= 4 is 27.7 Å². The smallest absolute Gasteiger partial charge is 0.342 e. The van der Waals surface area contributed by atoms with Crippen molar-refractivity contribution in [3.63, 3.8) is 0 Å². The average Bonchev–Trinajstić information content (AvgIpc) is 3.28. The molecule has 1 saturated heterocycles. The minimum absolute atomic E-state index is 0.158. The van der Waals surface area contributed by atoms with E-state index >= 15 is 0 Å². The Hall–Kier alpha value is -3.42. The lowest BCUT2D eigenvalue weighted by molar-refractivity contribution is 0.0527. The molecule has 5 rings (SSSR count). The minimum Gasteiger partial charge on any atom is -0.507 e. The molecule has 1 unspecified atom stereocenters. The van der Waals surface area contributed by atoms with Crippen LogP contribution in [0.1, 0.15) is 34.5 Å². The van der Waals surface area contributed by atoms with Crippen LogP contribution in [-0.4, -0.2) is 65.7 Å². The van der Waals surface area contributed by atoms with E-state index in [2.05, 4.69) is 21.8 Å². The molecule has 1 fully saturated rings. The lowest BCUT2D eigenvalue weighted by Crippen LogP contribution is -2.46. The molecule has 0 bridgehead atoms. The number of likely N-dealkylation sites (N-methyl/N-ethyl adjacent to an activating group) is 1. The fraction of sp³-hybridized carbons (Fsp3) is 0.308. The molecule has 0 spiro atoms. The van der Waals surface area contributed by atoms with Crippen LogP contribution in [0.4, 0.5) is 0 Å². The summed E-state index contributed by atoms with van der Waals surface area (Å²) < 4.78 is 11.3. The Kier molecular flexibility index (Phi) is 5.74. The average molecular weight is 446 g/mol. The van der Waals surface area contributed by atoms with Crippen LogP contribution in [0.15, 0.2) is 59.5 Å². The Morgan fingerprint density at radius 1 is 1.12 bits per heavy atom. The van der Waals surface area contributed by atoms with Crippen LogP contribution in [-0.2, 0) is 4.74 Å². The molecule has 1 N–H and O–H groups in total. The third-order valence-electron chi connectivity index (χ3n) is 6.44. The number of rotatable bonds is 5. The topological polar surface area (TPSA) is 79.0 Å². The predicted octanol–water partition coefficient (Wildman–Crippen LogP) is 4.20. The predicted molar refractivity (Wildman–Crippen MR) is 126 cm³/mol. The molecule has 1 aliphatic heterocycles. The highest BCUT2D eigenvalue weighted by Gasteiger charge is 2.33. The summed E-state index contributed by atoms with van der Waals surface area (Å²) in [5.41, 5.74) is 2.57. The van der Waals surface area contributed by atoms with Crippen LogP contribution < -0.4 is 0 Å². The summed E-state index contributed by atoms with van der Waals surface area (Å²) in [6, 6.07) is 11.2. The Bertz CT molecular complexity index is 1290. The summed E-state index contributed by atoms with van der Waals surface area (Å²) in [4.78, 5) is 21.7. The second-order valence-corrected chi connectivity index (χ2v) is 8.40. The van der Waals surface area contributed by atoms with Gasteiger partial charge in [-0.2, -0.15) is 0 Å². The summed E-state index contributed by atoms with van der Waals surface area (Å²) in [7, 11) is 2.11. The van der Waals surface area contributed by atoms with E-state index in [1.54, 1.807) is 19.3 Å². The van der Waals surface area contributed by atoms with Crippen LogP contribution in [0.5, 0.6) is 5.75 Å². The number of carbonyl (C=O) groups is 1. The maximum absolute atomic E-state index is 12.9. The van der Waals surface area contributed by atoms with Gasteiger partial charge in [0.25, 0.3) is 0 Å². The molecule has 0 radical (unpaired) electrons. The van der Waals surface area contributed by atoms with Crippen LogP contribution >= 0.6 is 0 Å². The van der Waals surface area contributed by atoms with E-state index in [1.165, 1.54) is 6.26 Å². The number of benzene rings is 2. The first kappa shape index (κ1) is 21.4. The molecule has 2 aromatic heterocycles. The normalized spacial score (nSPS) is 16.3. The van der Waals surface area contributed by atoms with E-state index in [1.807, 2.05) is 36.4 Å². The maximum atomic E-state index is 12.9. The maximum Gasteiger partial charge on any atom is 0.342 e. The Labute approximate surface area is 192 Å². The number of esters is 1. The number of phenols is 1. The van der Waals surface area contributed by atoms with Gasteiger partial charge in [-0.3, -0.25) is 9.88 Å². The van der Waals surface area contributed by atoms with Gasteiger partial charge >= 0.3 is 5.97 Å². The lowest BCUT2D eigenvalue weighted by Gasteiger charge is -2.39. The number of ether oxygens (including phenoxy) is 1. The molecule has 7 heteroatoms. The summed E-state index contributed by atoms with van der Waals surface area (Å²) in [6.07, 6.45) is 4.97. The fourth-order valence-electron chi connectivity index (χ4n) is 4.79. The molecule has 33 heavy (non-hydrogen) atoms. The second-order valence-electron chi connectivity index (χ2n) is 8.40. The van der Waals surface area contributed by atoms with E-state index in [-0.39, 0.29) is 18.4 Å². The van der Waals surface area contributed by atoms with Gasteiger partial charge < -0.3 is 19.2 Å². The van der Waals surface area contributed by atoms with Gasteiger partial charge in [-0.1, -0.05) is 24.3 Å². The lowest BCUT2D eigenvalue weighted by atomic mass is 9.89. The number of aromatic hydroxyl groups is 1. The first-order chi connectivity index (χ1) is 16.1. The van der Waals surface area contributed by atoms with Crippen LogP contribution in [0, 0.1) is 0 Å². The summed E-state index contributed by atoms with van der Waals surface area (Å²) in [6.45, 7) is 5.50. The zero-order valence-electron chi connectivity index (χ0n) is 18.8. The van der Waals surface area contributed by atoms with Gasteiger partial charge in [-0.15, -0.1) is 0 Å². The van der Waals surface area contributed by atoms with E-state index in [0.717, 1.165) is 37.1 Å². The van der Waals surface area contributed by atoms with Crippen molar-refractivity contribution in [1.82, 2.24) is 14.8 Å². The van der Waals surface area contributed by atoms with Crippen LogP contribution in [0.3, 0.4) is 0 Å². The van der Waals surface area contributed by atoms with Crippen molar-refractivity contribution in [2.45, 2.75) is 13.0 Å². The number of carbonyl (C=O) groups excluding carboxylic acids is 1. The number of hydrogen-bond acceptors (Lipinski definition) is 7. The largest absolute Gasteiger partial charge is 0.507 e. The molecule has 0 aliphatic carbocycles. The molecule has 0 saturated carbocycles. The zero-order chi connectivity index (χ0) is 22.9. The molecular weight excluding hydrogens is 418 g/mol. The quantitative estimate of drug-likeness (QED) is 0.461. The highest BCUT2D eigenvalue weighted by atomic mass is 16.5. The van der Waals surface area contributed by atoms with E-state index in [4.69, 9.17) is 9.15 Å².